The van der Waals surface area contributed by atoms with Crippen LogP contribution in [0.3, 0.4) is 0 Å². The number of fused-ring (bicyclic) bond motifs is 1. The van der Waals surface area contributed by atoms with Crippen LogP contribution < -0.4 is 5.32 Å². The van der Waals surface area contributed by atoms with E-state index in [0.717, 1.165) is 11.6 Å². The van der Waals surface area contributed by atoms with E-state index in [1.807, 2.05) is 0 Å². The molecule has 32 heavy (non-hydrogen) atoms. The van der Waals surface area contributed by atoms with Crippen molar-refractivity contribution in [3.05, 3.63) is 68.8 Å². The summed E-state index contributed by atoms with van der Waals surface area (Å²) in [7, 11) is 3.70. The van der Waals surface area contributed by atoms with Crippen LogP contribution >= 0.6 is 0 Å². The number of rotatable bonds is 5. The van der Waals surface area contributed by atoms with Crippen LogP contribution in [-0.4, -0.2) is 50.1 Å². The van der Waals surface area contributed by atoms with Gasteiger partial charge in [0, 0.05) is 17.3 Å². The first-order valence-electron chi connectivity index (χ1n) is 9.13. The minimum absolute atomic E-state index is 0.0398. The number of esters is 3. The Bertz CT molecular complexity index is 1080. The number of methoxy groups -OCH3 is 3. The Morgan fingerprint density at radius 1 is 0.969 bits per heavy atom. The molecule has 3 rings (SSSR count). The molecule has 2 aromatic carbocycles. The molecule has 0 spiro atoms. The third-order valence-electron chi connectivity index (χ3n) is 4.42. The van der Waals surface area contributed by atoms with Crippen LogP contribution in [0.4, 0.5) is 11.4 Å². The third kappa shape index (κ3) is 5.88. The number of amides is 1. The van der Waals surface area contributed by atoms with Crippen LogP contribution in [0.2, 0.25) is 0 Å². The Balaban J connectivity index is 0.000000233. The van der Waals surface area contributed by atoms with Crippen molar-refractivity contribution in [2.24, 2.45) is 0 Å². The van der Waals surface area contributed by atoms with Gasteiger partial charge in [-0.2, -0.15) is 0 Å². The molecule has 168 valence electrons. The van der Waals surface area contributed by atoms with Gasteiger partial charge in [-0.3, -0.25) is 19.7 Å². The predicted octanol–water partition coefficient (Wildman–Crippen LogP) is 2.06. The number of benzene rings is 2. The van der Waals surface area contributed by atoms with Crippen molar-refractivity contribution in [3.63, 3.8) is 0 Å². The van der Waals surface area contributed by atoms with Crippen LogP contribution in [0.25, 0.3) is 0 Å². The van der Waals surface area contributed by atoms with Gasteiger partial charge in [0.2, 0.25) is 5.91 Å². The molecule has 0 bridgehead atoms. The molecular formula is C21H20N2O9. The molecule has 0 unspecified atom stereocenters. The monoisotopic (exact) mass is 444 g/mol. The number of ether oxygens (including phenoxy) is 3. The third-order valence-corrected chi connectivity index (χ3v) is 4.42. The molecule has 0 saturated carbocycles. The van der Waals surface area contributed by atoms with E-state index in [9.17, 15) is 29.3 Å². The van der Waals surface area contributed by atoms with Crippen LogP contribution in [0.5, 0.6) is 0 Å². The lowest BCUT2D eigenvalue weighted by molar-refractivity contribution is -0.385. The highest BCUT2D eigenvalue weighted by Crippen LogP contribution is 2.24. The van der Waals surface area contributed by atoms with Gasteiger partial charge >= 0.3 is 17.9 Å². The minimum Gasteiger partial charge on any atom is -0.469 e. The summed E-state index contributed by atoms with van der Waals surface area (Å²) in [4.78, 5) is 54.7. The van der Waals surface area contributed by atoms with Gasteiger partial charge in [0.25, 0.3) is 5.69 Å². The molecule has 2 aromatic rings. The van der Waals surface area contributed by atoms with Crippen LogP contribution in [-0.2, 0) is 36.6 Å². The Kier molecular flexibility index (Phi) is 7.99. The van der Waals surface area contributed by atoms with Crippen LogP contribution in [0.15, 0.2) is 36.4 Å². The van der Waals surface area contributed by atoms with Crippen LogP contribution in [0, 0.1) is 10.1 Å². The van der Waals surface area contributed by atoms with E-state index >= 15 is 0 Å². The molecule has 1 amide bonds. The highest BCUT2D eigenvalue weighted by Gasteiger charge is 2.20. The minimum atomic E-state index is -0.678. The first-order chi connectivity index (χ1) is 15.2. The molecule has 1 aliphatic rings. The van der Waals surface area contributed by atoms with Gasteiger partial charge in [0.1, 0.15) is 0 Å². The zero-order chi connectivity index (χ0) is 23.8. The highest BCUT2D eigenvalue weighted by molar-refractivity contribution is 6.01. The van der Waals surface area contributed by atoms with E-state index in [0.29, 0.717) is 17.7 Å². The number of nitrogens with one attached hydrogen (secondary N) is 1. The Labute approximate surface area is 182 Å². The number of anilines is 1. The summed E-state index contributed by atoms with van der Waals surface area (Å²) in [5.74, 6) is -1.71. The fourth-order valence-electron chi connectivity index (χ4n) is 2.81. The van der Waals surface area contributed by atoms with Crippen molar-refractivity contribution in [3.8, 4) is 0 Å². The average Bonchev–Trinajstić information content (AvgIpc) is 3.17. The van der Waals surface area contributed by atoms with Gasteiger partial charge < -0.3 is 19.5 Å². The second-order valence-corrected chi connectivity index (χ2v) is 6.43. The summed E-state index contributed by atoms with van der Waals surface area (Å²) in [6.45, 7) is 0. The smallest absolute Gasteiger partial charge is 0.338 e. The lowest BCUT2D eigenvalue weighted by atomic mass is 10.1. The number of nitro benzene ring substituents is 1. The quantitative estimate of drug-likeness (QED) is 0.316. The van der Waals surface area contributed by atoms with Crippen molar-refractivity contribution in [1.82, 2.24) is 0 Å². The Hall–Kier alpha value is -4.28. The van der Waals surface area contributed by atoms with Crippen molar-refractivity contribution >= 4 is 35.2 Å². The number of hydrogen-bond donors (Lipinski definition) is 1. The number of carbonyl (C=O) groups excluding carboxylic acids is 4. The molecule has 11 heteroatoms. The molecule has 0 fully saturated rings. The molecule has 0 saturated heterocycles. The van der Waals surface area contributed by atoms with Crippen molar-refractivity contribution in [1.29, 1.82) is 0 Å². The molecule has 1 heterocycles. The molecule has 0 atom stereocenters. The van der Waals surface area contributed by atoms with Gasteiger partial charge in [-0.25, -0.2) is 9.59 Å². The van der Waals surface area contributed by atoms with E-state index in [-0.39, 0.29) is 29.1 Å². The second kappa shape index (κ2) is 10.7. The van der Waals surface area contributed by atoms with Crippen molar-refractivity contribution in [2.75, 3.05) is 26.6 Å². The summed E-state index contributed by atoms with van der Waals surface area (Å²) >= 11 is 0. The summed E-state index contributed by atoms with van der Waals surface area (Å²) in [5, 5.41) is 13.5. The topological polar surface area (TPSA) is 151 Å². The number of carbonyl (C=O) groups is 4. The zero-order valence-electron chi connectivity index (χ0n) is 17.5. The molecule has 0 aromatic heterocycles. The number of nitro groups is 1. The van der Waals surface area contributed by atoms with Crippen molar-refractivity contribution in [2.45, 2.75) is 12.8 Å². The van der Waals surface area contributed by atoms with Gasteiger partial charge in [0.15, 0.2) is 0 Å². The maximum absolute atomic E-state index is 11.2. The van der Waals surface area contributed by atoms with E-state index in [1.54, 1.807) is 18.2 Å². The average molecular weight is 444 g/mol. The maximum Gasteiger partial charge on any atom is 0.338 e. The normalized spacial score (nSPS) is 11.3. The summed E-state index contributed by atoms with van der Waals surface area (Å²) in [6.07, 6.45) is 0.158. The van der Waals surface area contributed by atoms with E-state index in [1.165, 1.54) is 33.5 Å². The number of hydrogen-bond acceptors (Lipinski definition) is 9. The second-order valence-electron chi connectivity index (χ2n) is 6.43. The van der Waals surface area contributed by atoms with Gasteiger partial charge in [0.05, 0.1) is 50.2 Å². The summed E-state index contributed by atoms with van der Waals surface area (Å²) in [5.41, 5.74) is 2.00. The molecule has 1 aliphatic heterocycles. The molecule has 11 nitrogen and oxygen atoms in total. The Morgan fingerprint density at radius 2 is 1.56 bits per heavy atom. The first-order valence-corrected chi connectivity index (χ1v) is 9.13. The molecule has 0 radical (unpaired) electrons. The zero-order valence-corrected chi connectivity index (χ0v) is 17.5. The fourth-order valence-corrected chi connectivity index (χ4v) is 2.81. The Morgan fingerprint density at radius 3 is 2.12 bits per heavy atom. The summed E-state index contributed by atoms with van der Waals surface area (Å²) in [6, 6.07) is 8.82. The lowest BCUT2D eigenvalue weighted by Gasteiger charge is -2.04. The van der Waals surface area contributed by atoms with Crippen LogP contribution in [0.1, 0.15) is 31.8 Å². The highest BCUT2D eigenvalue weighted by atomic mass is 16.6. The standard InChI is InChI=1S/C11H11NO6.C10H9NO3/c1-17-10(13)6-7-3-4-8(11(14)18-2)5-9(7)12(15)16;1-14-10(13)7-3-2-6-5-9(12)11-8(6)4-7/h3-5H,6H2,1-2H3;2-4H,5H2,1H3,(H,11,12). The van der Waals surface area contributed by atoms with Gasteiger partial charge in [-0.05, 0) is 23.8 Å². The number of nitrogens with zero attached hydrogens (tertiary/aromatic N) is 1. The van der Waals surface area contributed by atoms with Gasteiger partial charge in [-0.15, -0.1) is 0 Å². The van der Waals surface area contributed by atoms with E-state index in [4.69, 9.17) is 0 Å². The predicted molar refractivity (Wildman–Crippen MR) is 110 cm³/mol. The van der Waals surface area contributed by atoms with E-state index in [2.05, 4.69) is 19.5 Å². The SMILES string of the molecule is COC(=O)Cc1ccc(C(=O)OC)cc1[N+](=O)[O-].COC(=O)c1ccc2c(c1)NC(=O)C2. The maximum atomic E-state index is 11.2. The van der Waals surface area contributed by atoms with Gasteiger partial charge in [-0.1, -0.05) is 12.1 Å². The van der Waals surface area contributed by atoms with Crippen molar-refractivity contribution < 1.29 is 38.3 Å². The molecular weight excluding hydrogens is 424 g/mol. The largest absolute Gasteiger partial charge is 0.469 e. The fraction of sp³-hybridized carbons (Fsp3) is 0.238. The molecule has 0 aliphatic carbocycles. The van der Waals surface area contributed by atoms with E-state index < -0.39 is 22.8 Å². The first kappa shape index (κ1) is 24.0. The summed E-state index contributed by atoms with van der Waals surface area (Å²) < 4.78 is 13.5. The lowest BCUT2D eigenvalue weighted by Crippen LogP contribution is -2.08. The molecule has 1 N–H and O–H groups in total.